The summed E-state index contributed by atoms with van der Waals surface area (Å²) in [5.74, 6) is -2.01. The summed E-state index contributed by atoms with van der Waals surface area (Å²) in [6.07, 6.45) is 0. The first-order chi connectivity index (χ1) is 10.7. The number of hydrogen-bond donors (Lipinski definition) is 0. The zero-order valence-corrected chi connectivity index (χ0v) is 14.6. The molecule has 23 heavy (non-hydrogen) atoms. The summed E-state index contributed by atoms with van der Waals surface area (Å²) >= 11 is 11.9. The van der Waals surface area contributed by atoms with Gasteiger partial charge < -0.3 is 14.4 Å². The van der Waals surface area contributed by atoms with E-state index in [1.54, 1.807) is 13.8 Å². The monoisotopic (exact) mass is 362 g/mol. The van der Waals surface area contributed by atoms with Crippen LogP contribution in [0.5, 0.6) is 0 Å². The van der Waals surface area contributed by atoms with Gasteiger partial charge in [0.2, 0.25) is 0 Å². The zero-order chi connectivity index (χ0) is 17.7. The number of halogens is 2. The van der Waals surface area contributed by atoms with E-state index in [1.165, 1.54) is 14.2 Å². The minimum atomic E-state index is -0.685. The first kappa shape index (κ1) is 19.2. The molecule has 0 fully saturated rings. The minimum absolute atomic E-state index is 0.0707. The molecule has 0 unspecified atom stereocenters. The van der Waals surface area contributed by atoms with Crippen molar-refractivity contribution in [3.05, 3.63) is 27.0 Å². The maximum Gasteiger partial charge on any atom is 0.325 e. The van der Waals surface area contributed by atoms with E-state index in [9.17, 15) is 14.4 Å². The first-order valence-corrected chi connectivity index (χ1v) is 7.23. The van der Waals surface area contributed by atoms with E-state index in [1.807, 2.05) is 0 Å². The largest absolute Gasteiger partial charge is 0.468 e. The summed E-state index contributed by atoms with van der Waals surface area (Å²) in [7, 11) is 2.35. The Morgan fingerprint density at radius 3 is 1.87 bits per heavy atom. The third-order valence-electron chi connectivity index (χ3n) is 3.25. The lowest BCUT2D eigenvalue weighted by Gasteiger charge is -2.22. The summed E-state index contributed by atoms with van der Waals surface area (Å²) in [5, 5.41) is 0.0689. The van der Waals surface area contributed by atoms with Crippen molar-refractivity contribution in [3.8, 4) is 0 Å². The van der Waals surface area contributed by atoms with Crippen molar-refractivity contribution in [2.24, 2.45) is 0 Å². The lowest BCUT2D eigenvalue weighted by atomic mass is 10.1. The second kappa shape index (κ2) is 8.12. The Balaban J connectivity index is 3.26. The smallest absolute Gasteiger partial charge is 0.325 e. The number of carbonyl (C=O) groups is 3. The summed E-state index contributed by atoms with van der Waals surface area (Å²) in [4.78, 5) is 40.5. The van der Waals surface area contributed by atoms with Crippen LogP contribution in [0.4, 0.5) is 0 Å². The molecule has 0 aromatic carbocycles. The minimum Gasteiger partial charge on any atom is -0.468 e. The molecule has 126 valence electrons. The van der Waals surface area contributed by atoms with Crippen LogP contribution in [0, 0.1) is 13.8 Å². The molecule has 0 aliphatic rings. The highest BCUT2D eigenvalue weighted by molar-refractivity contribution is 6.35. The molecule has 0 spiro atoms. The molecular formula is C14H16Cl2N2O5. The molecule has 1 aromatic rings. The van der Waals surface area contributed by atoms with E-state index in [4.69, 9.17) is 23.2 Å². The second-order valence-corrected chi connectivity index (χ2v) is 5.35. The average Bonchev–Trinajstić information content (AvgIpc) is 2.51. The molecule has 0 saturated heterocycles. The fourth-order valence-electron chi connectivity index (χ4n) is 1.77. The second-order valence-electron chi connectivity index (χ2n) is 4.63. The Kier molecular flexibility index (Phi) is 6.78. The number of ether oxygens (including phenoxy) is 2. The van der Waals surface area contributed by atoms with Crippen molar-refractivity contribution in [1.29, 1.82) is 0 Å². The highest BCUT2D eigenvalue weighted by Crippen LogP contribution is 2.27. The van der Waals surface area contributed by atoms with Crippen molar-refractivity contribution in [2.75, 3.05) is 27.3 Å². The molecule has 0 aliphatic carbocycles. The van der Waals surface area contributed by atoms with Crippen molar-refractivity contribution < 1.29 is 23.9 Å². The quantitative estimate of drug-likeness (QED) is 0.586. The number of amides is 1. The topological polar surface area (TPSA) is 85.8 Å². The molecule has 1 amide bonds. The van der Waals surface area contributed by atoms with Gasteiger partial charge in [-0.1, -0.05) is 23.2 Å². The van der Waals surface area contributed by atoms with Gasteiger partial charge in [0.15, 0.2) is 0 Å². The van der Waals surface area contributed by atoms with E-state index in [-0.39, 0.29) is 15.9 Å². The van der Waals surface area contributed by atoms with Gasteiger partial charge in [0.25, 0.3) is 5.91 Å². The number of hydrogen-bond acceptors (Lipinski definition) is 6. The molecule has 0 aliphatic heterocycles. The molecule has 1 rings (SSSR count). The zero-order valence-electron chi connectivity index (χ0n) is 13.1. The standard InChI is InChI=1S/C14H16Cl2N2O5/c1-7-8(2)12(15)17-13(16)11(7)14(21)18(5-9(19)22-3)6-10(20)23-4/h5-6H2,1-4H3. The Morgan fingerprint density at radius 1 is 0.957 bits per heavy atom. The molecule has 9 heteroatoms. The first-order valence-electron chi connectivity index (χ1n) is 6.48. The number of esters is 2. The maximum atomic E-state index is 12.7. The predicted octanol–water partition coefficient (Wildman–Crippen LogP) is 1.79. The number of aromatic nitrogens is 1. The van der Waals surface area contributed by atoms with Crippen LogP contribution in [0.15, 0.2) is 0 Å². The highest BCUT2D eigenvalue weighted by atomic mass is 35.5. The molecule has 0 radical (unpaired) electrons. The fraction of sp³-hybridized carbons (Fsp3) is 0.429. The summed E-state index contributed by atoms with van der Waals surface area (Å²) in [6, 6.07) is 0. The highest BCUT2D eigenvalue weighted by Gasteiger charge is 2.27. The van der Waals surface area contributed by atoms with Crippen LogP contribution in [0.25, 0.3) is 0 Å². The van der Waals surface area contributed by atoms with Crippen molar-refractivity contribution in [2.45, 2.75) is 13.8 Å². The van der Waals surface area contributed by atoms with Crippen LogP contribution in [0.2, 0.25) is 10.3 Å². The average molecular weight is 363 g/mol. The number of pyridine rings is 1. The maximum absolute atomic E-state index is 12.7. The Morgan fingerprint density at radius 2 is 1.43 bits per heavy atom. The number of methoxy groups -OCH3 is 2. The molecule has 1 aromatic heterocycles. The van der Waals surface area contributed by atoms with Crippen LogP contribution >= 0.6 is 23.2 Å². The van der Waals surface area contributed by atoms with E-state index >= 15 is 0 Å². The summed E-state index contributed by atoms with van der Waals surface area (Å²) in [6.45, 7) is 2.48. The summed E-state index contributed by atoms with van der Waals surface area (Å²) in [5.41, 5.74) is 1.16. The Labute approximate surface area is 143 Å². The van der Waals surface area contributed by atoms with Crippen molar-refractivity contribution >= 4 is 41.0 Å². The SMILES string of the molecule is COC(=O)CN(CC(=O)OC)C(=O)c1c(Cl)nc(Cl)c(C)c1C. The fourth-order valence-corrected chi connectivity index (χ4v) is 2.35. The molecule has 0 bridgehead atoms. The van der Waals surface area contributed by atoms with Crippen LogP contribution in [0.3, 0.4) is 0 Å². The third-order valence-corrected chi connectivity index (χ3v) is 3.89. The van der Waals surface area contributed by atoms with Crippen molar-refractivity contribution in [3.63, 3.8) is 0 Å². The van der Waals surface area contributed by atoms with E-state index < -0.39 is 30.9 Å². The molecule has 0 N–H and O–H groups in total. The molecule has 0 atom stereocenters. The molecule has 7 nitrogen and oxygen atoms in total. The van der Waals surface area contributed by atoms with Gasteiger partial charge in [0, 0.05) is 0 Å². The van der Waals surface area contributed by atoms with E-state index in [2.05, 4.69) is 14.5 Å². The van der Waals surface area contributed by atoms with Crippen LogP contribution in [0.1, 0.15) is 21.5 Å². The van der Waals surface area contributed by atoms with Gasteiger partial charge in [0.05, 0.1) is 19.8 Å². The predicted molar refractivity (Wildman–Crippen MR) is 83.7 cm³/mol. The van der Waals surface area contributed by atoms with Crippen LogP contribution < -0.4 is 0 Å². The van der Waals surface area contributed by atoms with Gasteiger partial charge in [0.1, 0.15) is 23.4 Å². The van der Waals surface area contributed by atoms with Gasteiger partial charge in [-0.3, -0.25) is 14.4 Å². The van der Waals surface area contributed by atoms with Crippen LogP contribution in [-0.4, -0.2) is 55.0 Å². The summed E-state index contributed by atoms with van der Waals surface area (Å²) < 4.78 is 9.06. The van der Waals surface area contributed by atoms with Gasteiger partial charge in [-0.05, 0) is 25.0 Å². The molecule has 0 saturated carbocycles. The lowest BCUT2D eigenvalue weighted by molar-refractivity contribution is -0.144. The molecular weight excluding hydrogens is 347 g/mol. The number of rotatable bonds is 5. The number of carbonyl (C=O) groups excluding carboxylic acids is 3. The van der Waals surface area contributed by atoms with Gasteiger partial charge >= 0.3 is 11.9 Å². The van der Waals surface area contributed by atoms with Gasteiger partial charge in [-0.15, -0.1) is 0 Å². The third kappa shape index (κ3) is 4.56. The Bertz CT molecular complexity index is 631. The van der Waals surface area contributed by atoms with Crippen molar-refractivity contribution in [1.82, 2.24) is 9.88 Å². The van der Waals surface area contributed by atoms with Crippen LogP contribution in [-0.2, 0) is 19.1 Å². The van der Waals surface area contributed by atoms with E-state index in [0.717, 1.165) is 4.90 Å². The van der Waals surface area contributed by atoms with E-state index in [0.29, 0.717) is 11.1 Å². The normalized spacial score (nSPS) is 10.2. The number of nitrogens with zero attached hydrogens (tertiary/aromatic N) is 2. The van der Waals surface area contributed by atoms with Gasteiger partial charge in [-0.25, -0.2) is 4.98 Å². The molecule has 1 heterocycles. The lowest BCUT2D eigenvalue weighted by Crippen LogP contribution is -2.40. The Hall–Kier alpha value is -1.86. The van der Waals surface area contributed by atoms with Gasteiger partial charge in [-0.2, -0.15) is 0 Å².